The summed E-state index contributed by atoms with van der Waals surface area (Å²) >= 11 is 1.48. The van der Waals surface area contributed by atoms with Gasteiger partial charge in [0, 0.05) is 25.9 Å². The first-order valence-electron chi connectivity index (χ1n) is 10.0. The molecule has 1 aliphatic rings. The quantitative estimate of drug-likeness (QED) is 0.630. The molecule has 3 rings (SSSR count). The van der Waals surface area contributed by atoms with Crippen LogP contribution in [0.2, 0.25) is 0 Å². The number of benzene rings is 2. The lowest BCUT2D eigenvalue weighted by atomic mass is 10.2. The van der Waals surface area contributed by atoms with Crippen LogP contribution in [0.1, 0.15) is 19.4 Å². The van der Waals surface area contributed by atoms with Crippen molar-refractivity contribution < 1.29 is 17.9 Å². The molecule has 31 heavy (non-hydrogen) atoms. The Balaban J connectivity index is 1.77. The molecule has 0 aromatic heterocycles. The van der Waals surface area contributed by atoms with E-state index >= 15 is 0 Å². The lowest BCUT2D eigenvalue weighted by Crippen LogP contribution is -2.36. The molecule has 166 valence electrons. The number of thioether (sulfide) groups is 1. The van der Waals surface area contributed by atoms with Gasteiger partial charge in [-0.25, -0.2) is 17.7 Å². The number of aryl methyl sites for hydroxylation is 1. The summed E-state index contributed by atoms with van der Waals surface area (Å²) in [5, 5.41) is 0.725. The maximum atomic E-state index is 12.8. The second-order valence-corrected chi connectivity index (χ2v) is 11.0. The van der Waals surface area contributed by atoms with Crippen molar-refractivity contribution in [2.75, 3.05) is 27.2 Å². The minimum Gasteiger partial charge on any atom is -0.484 e. The van der Waals surface area contributed by atoms with Crippen LogP contribution in [0.25, 0.3) is 0 Å². The lowest BCUT2D eigenvalue weighted by Gasteiger charge is -2.17. The van der Waals surface area contributed by atoms with Crippen LogP contribution in [-0.2, 0) is 21.2 Å². The minimum atomic E-state index is -3.56. The predicted octanol–water partition coefficient (Wildman–Crippen LogP) is 3.53. The number of rotatable bonds is 7. The van der Waals surface area contributed by atoms with Gasteiger partial charge in [0.25, 0.3) is 5.91 Å². The number of amides is 1. The van der Waals surface area contributed by atoms with Crippen molar-refractivity contribution in [3.05, 3.63) is 54.1 Å². The molecule has 1 saturated heterocycles. The average molecular weight is 462 g/mol. The van der Waals surface area contributed by atoms with E-state index in [0.29, 0.717) is 23.1 Å². The molecule has 0 bridgehead atoms. The first kappa shape index (κ1) is 23.3. The average Bonchev–Trinajstić information content (AvgIpc) is 3.12. The molecule has 0 saturated carbocycles. The molecule has 0 radical (unpaired) electrons. The zero-order chi connectivity index (χ0) is 22.6. The molecule has 2 aromatic carbocycles. The van der Waals surface area contributed by atoms with E-state index in [2.05, 4.69) is 11.9 Å². The Bertz CT molecular complexity index is 1080. The van der Waals surface area contributed by atoms with Crippen LogP contribution in [0, 0.1) is 0 Å². The maximum absolute atomic E-state index is 12.8. The van der Waals surface area contributed by atoms with E-state index < -0.39 is 10.0 Å². The molecular weight excluding hydrogens is 434 g/mol. The van der Waals surface area contributed by atoms with Gasteiger partial charge in [0.15, 0.2) is 11.8 Å². The highest BCUT2D eigenvalue weighted by Gasteiger charge is 2.31. The van der Waals surface area contributed by atoms with E-state index in [0.717, 1.165) is 16.3 Å². The Morgan fingerprint density at radius 3 is 2.68 bits per heavy atom. The second kappa shape index (κ2) is 9.84. The third-order valence-corrected chi connectivity index (χ3v) is 7.65. The third kappa shape index (κ3) is 5.66. The standard InChI is InChI=1S/C22H27N3O4S2/c1-5-17-8-6-10-19(12-17)29-15-21(26)25-14-16(2)30-22(25)23-18-9-7-11-20(13-18)31(27,28)24(3)4/h6-13,16H,5,14-15H2,1-4H3. The summed E-state index contributed by atoms with van der Waals surface area (Å²) in [5.41, 5.74) is 1.62. The SMILES string of the molecule is CCc1cccc(OCC(=O)N2CC(C)SC2=Nc2cccc(S(=O)(=O)N(C)C)c2)c1. The molecular formula is C22H27N3O4S2. The molecule has 1 fully saturated rings. The number of carbonyl (C=O) groups is 1. The Hall–Kier alpha value is -2.36. The molecule has 0 N–H and O–H groups in total. The molecule has 1 heterocycles. The second-order valence-electron chi connectivity index (χ2n) is 7.40. The molecule has 0 aliphatic carbocycles. The number of sulfonamides is 1. The molecule has 1 amide bonds. The van der Waals surface area contributed by atoms with Gasteiger partial charge in [0.05, 0.1) is 10.6 Å². The fraction of sp³-hybridized carbons (Fsp3) is 0.364. The molecule has 1 unspecified atom stereocenters. The summed E-state index contributed by atoms with van der Waals surface area (Å²) in [7, 11) is -0.592. The summed E-state index contributed by atoms with van der Waals surface area (Å²) in [6.07, 6.45) is 0.894. The zero-order valence-electron chi connectivity index (χ0n) is 18.1. The van der Waals surface area contributed by atoms with Gasteiger partial charge in [-0.2, -0.15) is 0 Å². The number of hydrogen-bond donors (Lipinski definition) is 0. The van der Waals surface area contributed by atoms with Gasteiger partial charge in [-0.1, -0.05) is 43.8 Å². The Morgan fingerprint density at radius 2 is 1.97 bits per heavy atom. The summed E-state index contributed by atoms with van der Waals surface area (Å²) in [4.78, 5) is 19.2. The smallest absolute Gasteiger partial charge is 0.266 e. The van der Waals surface area contributed by atoms with Crippen molar-refractivity contribution in [1.82, 2.24) is 9.21 Å². The fourth-order valence-electron chi connectivity index (χ4n) is 3.02. The van der Waals surface area contributed by atoms with Crippen molar-refractivity contribution in [1.29, 1.82) is 0 Å². The van der Waals surface area contributed by atoms with Gasteiger partial charge >= 0.3 is 0 Å². The van der Waals surface area contributed by atoms with Crippen LogP contribution in [0.5, 0.6) is 5.75 Å². The molecule has 9 heteroatoms. The highest BCUT2D eigenvalue weighted by Crippen LogP contribution is 2.29. The van der Waals surface area contributed by atoms with Crippen LogP contribution in [0.3, 0.4) is 0 Å². The Labute approximate surface area is 188 Å². The highest BCUT2D eigenvalue weighted by atomic mass is 32.2. The number of aliphatic imine (C=N–C) groups is 1. The number of hydrogen-bond acceptors (Lipinski definition) is 6. The Kier molecular flexibility index (Phi) is 7.40. The van der Waals surface area contributed by atoms with E-state index in [-0.39, 0.29) is 22.7 Å². The lowest BCUT2D eigenvalue weighted by molar-refractivity contribution is -0.129. The van der Waals surface area contributed by atoms with Crippen molar-refractivity contribution >= 4 is 38.5 Å². The van der Waals surface area contributed by atoms with Gasteiger partial charge in [-0.3, -0.25) is 9.69 Å². The van der Waals surface area contributed by atoms with Crippen molar-refractivity contribution in [2.45, 2.75) is 30.4 Å². The van der Waals surface area contributed by atoms with Crippen LogP contribution < -0.4 is 4.74 Å². The fourth-order valence-corrected chi connectivity index (χ4v) is 5.01. The molecule has 2 aromatic rings. The van der Waals surface area contributed by atoms with E-state index in [9.17, 15) is 13.2 Å². The van der Waals surface area contributed by atoms with Crippen molar-refractivity contribution in [3.63, 3.8) is 0 Å². The number of nitrogens with zero attached hydrogens (tertiary/aromatic N) is 3. The predicted molar refractivity (Wildman–Crippen MR) is 124 cm³/mol. The molecule has 1 aliphatic heterocycles. The molecule has 7 nitrogen and oxygen atoms in total. The normalized spacial score (nSPS) is 18.0. The van der Waals surface area contributed by atoms with Crippen LogP contribution in [0.4, 0.5) is 5.69 Å². The topological polar surface area (TPSA) is 79.3 Å². The van der Waals surface area contributed by atoms with Crippen molar-refractivity contribution in [2.24, 2.45) is 4.99 Å². The summed E-state index contributed by atoms with van der Waals surface area (Å²) in [5.74, 6) is 0.474. The largest absolute Gasteiger partial charge is 0.484 e. The number of amidine groups is 1. The number of carbonyl (C=O) groups excluding carboxylic acids is 1. The third-order valence-electron chi connectivity index (χ3n) is 4.77. The van der Waals surface area contributed by atoms with Gasteiger partial charge in [-0.05, 0) is 42.3 Å². The number of ether oxygens (including phenoxy) is 1. The summed E-state index contributed by atoms with van der Waals surface area (Å²) in [6, 6.07) is 14.1. The van der Waals surface area contributed by atoms with Gasteiger partial charge in [0.1, 0.15) is 5.75 Å². The molecule has 1 atom stereocenters. The van der Waals surface area contributed by atoms with E-state index in [1.165, 1.54) is 38.0 Å². The van der Waals surface area contributed by atoms with Gasteiger partial charge in [0.2, 0.25) is 10.0 Å². The van der Waals surface area contributed by atoms with E-state index in [1.807, 2.05) is 31.2 Å². The van der Waals surface area contributed by atoms with Crippen LogP contribution in [-0.4, -0.2) is 61.2 Å². The first-order valence-corrected chi connectivity index (χ1v) is 12.3. The monoisotopic (exact) mass is 461 g/mol. The summed E-state index contributed by atoms with van der Waals surface area (Å²) in [6.45, 7) is 4.52. The summed E-state index contributed by atoms with van der Waals surface area (Å²) < 4.78 is 31.7. The minimum absolute atomic E-state index is 0.0888. The maximum Gasteiger partial charge on any atom is 0.266 e. The zero-order valence-corrected chi connectivity index (χ0v) is 19.7. The van der Waals surface area contributed by atoms with Crippen LogP contribution in [0.15, 0.2) is 58.4 Å². The van der Waals surface area contributed by atoms with Crippen molar-refractivity contribution in [3.8, 4) is 5.75 Å². The highest BCUT2D eigenvalue weighted by molar-refractivity contribution is 8.14. The van der Waals surface area contributed by atoms with Crippen LogP contribution >= 0.6 is 11.8 Å². The van der Waals surface area contributed by atoms with E-state index in [4.69, 9.17) is 4.74 Å². The molecule has 0 spiro atoms. The van der Waals surface area contributed by atoms with Gasteiger partial charge in [-0.15, -0.1) is 0 Å². The van der Waals surface area contributed by atoms with E-state index in [1.54, 1.807) is 17.0 Å². The Morgan fingerprint density at radius 1 is 1.23 bits per heavy atom. The van der Waals surface area contributed by atoms with Gasteiger partial charge < -0.3 is 4.74 Å². The first-order chi connectivity index (χ1) is 14.7.